The summed E-state index contributed by atoms with van der Waals surface area (Å²) in [6.07, 6.45) is 0. The van der Waals surface area contributed by atoms with Crippen molar-refractivity contribution in [3.8, 4) is 134 Å². The number of fused-ring (bicyclic) bond motifs is 20. The molecule has 2 heteroatoms. The molecule has 0 bridgehead atoms. The topological polar surface area (TPSA) is 9.86 Å². The normalized spacial score (nSPS) is 12.2. The van der Waals surface area contributed by atoms with Crippen LogP contribution in [0.3, 0.4) is 0 Å². The van der Waals surface area contributed by atoms with Crippen molar-refractivity contribution in [3.63, 3.8) is 0 Å². The van der Waals surface area contributed by atoms with Gasteiger partial charge in [0, 0.05) is 32.9 Å². The zero-order chi connectivity index (χ0) is 74.4. The van der Waals surface area contributed by atoms with Gasteiger partial charge in [-0.1, -0.05) is 291 Å². The van der Waals surface area contributed by atoms with Crippen molar-refractivity contribution in [2.24, 2.45) is 0 Å². The molecule has 0 saturated carbocycles. The van der Waals surface area contributed by atoms with Crippen LogP contribution in [-0.2, 0) is 0 Å². The van der Waals surface area contributed by atoms with Crippen molar-refractivity contribution >= 4 is 119 Å². The Balaban J connectivity index is 0.632. The molecule has 21 aromatic carbocycles. The van der Waals surface area contributed by atoms with Gasteiger partial charge >= 0.3 is 0 Å². The van der Waals surface area contributed by atoms with Crippen LogP contribution in [-0.4, -0.2) is 9.13 Å². The Morgan fingerprint density at radius 2 is 0.518 bits per heavy atom. The van der Waals surface area contributed by atoms with Gasteiger partial charge in [-0.2, -0.15) is 0 Å². The SMILES string of the molecule is c1ccc(-c2ccc3c(-c4cccc(-c5ccc6c7c(cc8ccccc8c57)-c5cc7ccc(-c8ccc9c%10ccc(-c%11cc(-c%12ccc%13c%14ccccc%14n(-c%14ccccc%14)c%13c%12)cc(-c%12ccc%13c%14c(cc%15ccccc%15c%12%14)-c%12ccc%14ccccc%14c%12-%13)c%11)cc%10n(-c%10ccccc%10)c9c8)cc7cc5-6)c4)cccc3c2)cc1. The molecule has 0 aliphatic heterocycles. The van der Waals surface area contributed by atoms with Gasteiger partial charge < -0.3 is 9.13 Å². The van der Waals surface area contributed by atoms with E-state index in [1.54, 1.807) is 0 Å². The number of rotatable bonds is 9. The Kier molecular flexibility index (Phi) is 13.4. The van der Waals surface area contributed by atoms with Crippen LogP contribution in [0.15, 0.2) is 400 Å². The Morgan fingerprint density at radius 1 is 0.132 bits per heavy atom. The minimum Gasteiger partial charge on any atom is -0.309 e. The highest BCUT2D eigenvalue weighted by Crippen LogP contribution is 2.57. The molecule has 524 valence electrons. The smallest absolute Gasteiger partial charge is 0.0547 e. The average Bonchev–Trinajstić information content (AvgIpc) is 1.54. The third kappa shape index (κ3) is 9.37. The first kappa shape index (κ1) is 62.9. The van der Waals surface area contributed by atoms with Crippen molar-refractivity contribution in [3.05, 3.63) is 400 Å². The molecule has 114 heavy (non-hydrogen) atoms. The number of para-hydroxylation sites is 3. The lowest BCUT2D eigenvalue weighted by atomic mass is 9.87. The second-order valence-electron chi connectivity index (χ2n) is 31.3. The largest absolute Gasteiger partial charge is 0.309 e. The van der Waals surface area contributed by atoms with Crippen molar-refractivity contribution in [2.45, 2.75) is 0 Å². The molecule has 0 amide bonds. The molecule has 2 nitrogen and oxygen atoms in total. The maximum Gasteiger partial charge on any atom is 0.0547 e. The van der Waals surface area contributed by atoms with Crippen molar-refractivity contribution < 1.29 is 0 Å². The average molecular weight is 1440 g/mol. The monoisotopic (exact) mass is 1440 g/mol. The molecule has 0 N–H and O–H groups in total. The molecular weight excluding hydrogens is 1370 g/mol. The third-order valence-corrected chi connectivity index (χ3v) is 25.2. The molecule has 23 aromatic rings. The number of benzene rings is 21. The van der Waals surface area contributed by atoms with Crippen LogP contribution >= 0.6 is 0 Å². The summed E-state index contributed by atoms with van der Waals surface area (Å²) in [6.45, 7) is 0. The minimum absolute atomic E-state index is 1.12. The highest BCUT2D eigenvalue weighted by molar-refractivity contribution is 6.31. The number of hydrogen-bond acceptors (Lipinski definition) is 0. The first-order valence-electron chi connectivity index (χ1n) is 39.7. The van der Waals surface area contributed by atoms with E-state index in [1.165, 1.54) is 208 Å². The van der Waals surface area contributed by atoms with Crippen molar-refractivity contribution in [1.29, 1.82) is 0 Å². The van der Waals surface area contributed by atoms with E-state index in [2.05, 4.69) is 410 Å². The Hall–Kier alpha value is -15.0. The summed E-state index contributed by atoms with van der Waals surface area (Å²) in [4.78, 5) is 0. The molecule has 2 aliphatic rings. The second kappa shape index (κ2) is 24.3. The van der Waals surface area contributed by atoms with E-state index in [4.69, 9.17) is 0 Å². The van der Waals surface area contributed by atoms with Gasteiger partial charge in [0.25, 0.3) is 0 Å². The molecule has 0 spiro atoms. The minimum atomic E-state index is 1.12. The molecule has 0 radical (unpaired) electrons. The molecule has 0 unspecified atom stereocenters. The lowest BCUT2D eigenvalue weighted by molar-refractivity contribution is 1.18. The van der Waals surface area contributed by atoms with Crippen LogP contribution in [0, 0.1) is 0 Å². The maximum atomic E-state index is 2.50. The fourth-order valence-electron chi connectivity index (χ4n) is 20.1. The molecule has 0 saturated heterocycles. The summed E-state index contributed by atoms with van der Waals surface area (Å²) in [6, 6.07) is 151. The molecule has 2 aromatic heterocycles. The zero-order valence-corrected chi connectivity index (χ0v) is 62.0. The maximum absolute atomic E-state index is 2.50. The van der Waals surface area contributed by atoms with Gasteiger partial charge in [-0.15, -0.1) is 0 Å². The van der Waals surface area contributed by atoms with E-state index in [0.29, 0.717) is 0 Å². The Labute approximate surface area is 657 Å². The molecular formula is C112H66N2. The molecule has 0 atom stereocenters. The predicted octanol–water partition coefficient (Wildman–Crippen LogP) is 30.9. The molecule has 0 fully saturated rings. The van der Waals surface area contributed by atoms with Gasteiger partial charge in [0.2, 0.25) is 0 Å². The van der Waals surface area contributed by atoms with Crippen LogP contribution < -0.4 is 0 Å². The summed E-state index contributed by atoms with van der Waals surface area (Å²) in [5.74, 6) is 0. The molecule has 2 heterocycles. The quantitative estimate of drug-likeness (QED) is 0.128. The zero-order valence-electron chi connectivity index (χ0n) is 62.0. The summed E-state index contributed by atoms with van der Waals surface area (Å²) in [5, 5.41) is 22.6. The van der Waals surface area contributed by atoms with Gasteiger partial charge in [-0.25, -0.2) is 0 Å². The standard InChI is InChI=1S/C112H66N2/c1-4-20-67(21-5-1)69-41-45-87-75(54-69)27-19-36-86(87)76-25-18-26-77(56-76)91-50-52-97-100-63-82-55-70(38-39-71(82)60-101(100)103-62-79-24-12-14-33-89(79)109(91)111(97)103)72-42-46-95-96-48-44-74(66-107(96)114(106(95)64-72)85-30-8-3-9-31-85)81-57-80(73-43-47-94-93-35-16-17-37-104(93)113(105(94)65-73)84-28-6-2-7-29-84)58-83(59-81)92-51-53-99-108-88-32-13-10-22-68(88)40-49-98(108)102-61-78-23-11-15-34-90(78)110(92)112(99)102/h1-66H. The van der Waals surface area contributed by atoms with Crippen molar-refractivity contribution in [2.75, 3.05) is 0 Å². The highest BCUT2D eigenvalue weighted by Gasteiger charge is 2.30. The van der Waals surface area contributed by atoms with Gasteiger partial charge in [0.05, 0.1) is 22.1 Å². The molecule has 25 rings (SSSR count). The number of hydrogen-bond donors (Lipinski definition) is 0. The second-order valence-corrected chi connectivity index (χ2v) is 31.3. The number of aromatic nitrogens is 2. The van der Waals surface area contributed by atoms with Gasteiger partial charge in [0.15, 0.2) is 0 Å². The van der Waals surface area contributed by atoms with Gasteiger partial charge in [-0.05, 0) is 307 Å². The van der Waals surface area contributed by atoms with Gasteiger partial charge in [0.1, 0.15) is 0 Å². The van der Waals surface area contributed by atoms with E-state index < -0.39 is 0 Å². The third-order valence-electron chi connectivity index (χ3n) is 25.2. The Bertz CT molecular complexity index is 8130. The summed E-state index contributed by atoms with van der Waals surface area (Å²) in [5.41, 5.74) is 34.0. The van der Waals surface area contributed by atoms with Crippen LogP contribution in [0.1, 0.15) is 0 Å². The van der Waals surface area contributed by atoms with Crippen molar-refractivity contribution in [1.82, 2.24) is 9.13 Å². The highest BCUT2D eigenvalue weighted by atomic mass is 15.0. The van der Waals surface area contributed by atoms with Gasteiger partial charge in [-0.3, -0.25) is 0 Å². The summed E-state index contributed by atoms with van der Waals surface area (Å²) >= 11 is 0. The predicted molar refractivity (Wildman–Crippen MR) is 485 cm³/mol. The van der Waals surface area contributed by atoms with Crippen LogP contribution in [0.4, 0.5) is 0 Å². The fourth-order valence-corrected chi connectivity index (χ4v) is 20.1. The Morgan fingerprint density at radius 3 is 1.18 bits per heavy atom. The fraction of sp³-hybridized carbons (Fsp3) is 0. The van der Waals surface area contributed by atoms with Crippen LogP contribution in [0.25, 0.3) is 253 Å². The first-order valence-corrected chi connectivity index (χ1v) is 39.7. The van der Waals surface area contributed by atoms with E-state index in [9.17, 15) is 0 Å². The molecule has 2 aliphatic carbocycles. The van der Waals surface area contributed by atoms with Crippen LogP contribution in [0.5, 0.6) is 0 Å². The van der Waals surface area contributed by atoms with Crippen LogP contribution in [0.2, 0.25) is 0 Å². The summed E-state index contributed by atoms with van der Waals surface area (Å²) < 4.78 is 4.94. The van der Waals surface area contributed by atoms with E-state index >= 15 is 0 Å². The lowest BCUT2D eigenvalue weighted by Gasteiger charge is -2.16. The summed E-state index contributed by atoms with van der Waals surface area (Å²) in [7, 11) is 0. The van der Waals surface area contributed by atoms with E-state index in [0.717, 1.165) is 44.7 Å². The van der Waals surface area contributed by atoms with E-state index in [-0.39, 0.29) is 0 Å². The lowest BCUT2D eigenvalue weighted by Crippen LogP contribution is -1.94. The number of nitrogens with zero attached hydrogens (tertiary/aromatic N) is 2. The van der Waals surface area contributed by atoms with E-state index in [1.807, 2.05) is 0 Å². The first-order chi connectivity index (χ1) is 56.5.